The number of aromatic nitrogens is 3. The molecule has 2 rings (SSSR count). The van der Waals surface area contributed by atoms with Crippen molar-refractivity contribution >= 4 is 5.91 Å². The highest BCUT2D eigenvalue weighted by Crippen LogP contribution is 1.99. The summed E-state index contributed by atoms with van der Waals surface area (Å²) in [4.78, 5) is 12.9. The normalized spacial score (nSPS) is 21.1. The molecule has 0 aliphatic carbocycles. The van der Waals surface area contributed by atoms with Crippen LogP contribution in [0.2, 0.25) is 0 Å². The zero-order chi connectivity index (χ0) is 9.97. The Morgan fingerprint density at radius 1 is 1.79 bits per heavy atom. The summed E-state index contributed by atoms with van der Waals surface area (Å²) in [5.74, 6) is -0.146. The lowest BCUT2D eigenvalue weighted by Crippen LogP contribution is -2.36. The Labute approximate surface area is 81.7 Å². The lowest BCUT2D eigenvalue weighted by molar-refractivity contribution is 0.0934. The predicted molar refractivity (Wildman–Crippen MR) is 49.7 cm³/mol. The summed E-state index contributed by atoms with van der Waals surface area (Å²) in [6.45, 7) is 1.80. The van der Waals surface area contributed by atoms with Gasteiger partial charge in [0.2, 0.25) is 0 Å². The minimum absolute atomic E-state index is 0.146. The Hall–Kier alpha value is -1.43. The maximum atomic E-state index is 11.6. The van der Waals surface area contributed by atoms with Crippen LogP contribution in [0.5, 0.6) is 0 Å². The monoisotopic (exact) mass is 195 g/mol. The van der Waals surface area contributed by atoms with Gasteiger partial charge >= 0.3 is 0 Å². The molecule has 1 aromatic rings. The van der Waals surface area contributed by atoms with Crippen LogP contribution in [0.15, 0.2) is 6.20 Å². The molecule has 6 nitrogen and oxygen atoms in total. The highest BCUT2D eigenvalue weighted by molar-refractivity contribution is 5.92. The van der Waals surface area contributed by atoms with E-state index in [-0.39, 0.29) is 11.9 Å². The largest absolute Gasteiger partial charge is 0.347 e. The molecule has 1 aliphatic rings. The molecule has 14 heavy (non-hydrogen) atoms. The number of amides is 1. The zero-order valence-corrected chi connectivity index (χ0v) is 8.03. The molecular formula is C8H13N5O. The molecule has 0 spiro atoms. The Balaban J connectivity index is 1.95. The molecule has 6 heteroatoms. The average molecular weight is 195 g/mol. The molecule has 1 saturated heterocycles. The van der Waals surface area contributed by atoms with Crippen LogP contribution in [0.3, 0.4) is 0 Å². The van der Waals surface area contributed by atoms with Gasteiger partial charge in [0.15, 0.2) is 5.69 Å². The molecule has 1 amide bonds. The van der Waals surface area contributed by atoms with Gasteiger partial charge in [0.25, 0.3) is 5.91 Å². The third-order valence-corrected chi connectivity index (χ3v) is 2.23. The van der Waals surface area contributed by atoms with Crippen molar-refractivity contribution in [1.29, 1.82) is 0 Å². The molecule has 76 valence electrons. The number of carbonyl (C=O) groups is 1. The molecule has 0 aromatic carbocycles. The first-order valence-electron chi connectivity index (χ1n) is 4.63. The fourth-order valence-corrected chi connectivity index (χ4v) is 1.49. The van der Waals surface area contributed by atoms with Gasteiger partial charge in [-0.2, -0.15) is 9.90 Å². The van der Waals surface area contributed by atoms with E-state index >= 15 is 0 Å². The number of nitrogens with one attached hydrogen (secondary N) is 2. The van der Waals surface area contributed by atoms with Crippen molar-refractivity contribution in [2.24, 2.45) is 7.05 Å². The van der Waals surface area contributed by atoms with Crippen molar-refractivity contribution in [1.82, 2.24) is 25.6 Å². The summed E-state index contributed by atoms with van der Waals surface area (Å²) >= 11 is 0. The van der Waals surface area contributed by atoms with Crippen molar-refractivity contribution in [3.8, 4) is 0 Å². The second-order valence-corrected chi connectivity index (χ2v) is 3.38. The van der Waals surface area contributed by atoms with Crippen LogP contribution in [0.25, 0.3) is 0 Å². The number of aryl methyl sites for hydroxylation is 1. The van der Waals surface area contributed by atoms with E-state index in [0.29, 0.717) is 5.69 Å². The van der Waals surface area contributed by atoms with Crippen LogP contribution in [0, 0.1) is 0 Å². The maximum Gasteiger partial charge on any atom is 0.273 e. The Kier molecular flexibility index (Phi) is 2.45. The molecule has 1 aliphatic heterocycles. The number of carbonyl (C=O) groups excluding carboxylic acids is 1. The highest BCUT2D eigenvalue weighted by Gasteiger charge is 2.18. The fourth-order valence-electron chi connectivity index (χ4n) is 1.49. The van der Waals surface area contributed by atoms with E-state index in [0.717, 1.165) is 19.5 Å². The quantitative estimate of drug-likeness (QED) is 0.629. The highest BCUT2D eigenvalue weighted by atomic mass is 16.2. The van der Waals surface area contributed by atoms with Crippen molar-refractivity contribution in [2.75, 3.05) is 13.1 Å². The minimum atomic E-state index is -0.146. The third-order valence-electron chi connectivity index (χ3n) is 2.23. The van der Waals surface area contributed by atoms with Gasteiger partial charge in [-0.3, -0.25) is 4.79 Å². The molecule has 0 bridgehead atoms. The van der Waals surface area contributed by atoms with E-state index in [1.54, 1.807) is 7.05 Å². The van der Waals surface area contributed by atoms with Crippen LogP contribution in [0.1, 0.15) is 16.9 Å². The van der Waals surface area contributed by atoms with E-state index < -0.39 is 0 Å². The van der Waals surface area contributed by atoms with Crippen LogP contribution >= 0.6 is 0 Å². The van der Waals surface area contributed by atoms with E-state index in [4.69, 9.17) is 0 Å². The van der Waals surface area contributed by atoms with Crippen molar-refractivity contribution < 1.29 is 4.79 Å². The molecule has 1 aromatic heterocycles. The lowest BCUT2D eigenvalue weighted by atomic mass is 10.2. The van der Waals surface area contributed by atoms with Gasteiger partial charge in [0.05, 0.1) is 6.20 Å². The first-order valence-corrected chi connectivity index (χ1v) is 4.63. The van der Waals surface area contributed by atoms with Gasteiger partial charge < -0.3 is 10.6 Å². The molecule has 1 unspecified atom stereocenters. The van der Waals surface area contributed by atoms with E-state index in [9.17, 15) is 4.79 Å². The van der Waals surface area contributed by atoms with E-state index in [1.807, 2.05) is 0 Å². The Bertz CT molecular complexity index is 328. The van der Waals surface area contributed by atoms with Crippen LogP contribution in [-0.4, -0.2) is 40.0 Å². The SMILES string of the molecule is Cn1ncc(C(=O)NC2CCNC2)n1. The van der Waals surface area contributed by atoms with Gasteiger partial charge in [0, 0.05) is 19.6 Å². The third kappa shape index (κ3) is 1.90. The van der Waals surface area contributed by atoms with Crippen molar-refractivity contribution in [2.45, 2.75) is 12.5 Å². The molecule has 1 fully saturated rings. The number of hydrogen-bond donors (Lipinski definition) is 2. The lowest BCUT2D eigenvalue weighted by Gasteiger charge is -2.08. The van der Waals surface area contributed by atoms with Crippen molar-refractivity contribution in [3.05, 3.63) is 11.9 Å². The summed E-state index contributed by atoms with van der Waals surface area (Å²) in [5, 5.41) is 13.8. The minimum Gasteiger partial charge on any atom is -0.347 e. The maximum absolute atomic E-state index is 11.6. The second-order valence-electron chi connectivity index (χ2n) is 3.38. The van der Waals surface area contributed by atoms with E-state index in [2.05, 4.69) is 20.8 Å². The topological polar surface area (TPSA) is 71.8 Å². The van der Waals surface area contributed by atoms with Crippen LogP contribution in [-0.2, 0) is 7.05 Å². The second kappa shape index (κ2) is 3.75. The summed E-state index contributed by atoms with van der Waals surface area (Å²) in [6.07, 6.45) is 2.45. The van der Waals surface area contributed by atoms with Gasteiger partial charge in [-0.1, -0.05) is 0 Å². The molecule has 1 atom stereocenters. The summed E-state index contributed by atoms with van der Waals surface area (Å²) in [6, 6.07) is 0.226. The first kappa shape index (κ1) is 9.14. The van der Waals surface area contributed by atoms with Crippen LogP contribution < -0.4 is 10.6 Å². The van der Waals surface area contributed by atoms with Gasteiger partial charge in [0.1, 0.15) is 0 Å². The molecule has 0 radical (unpaired) electrons. The summed E-state index contributed by atoms with van der Waals surface area (Å²) < 4.78 is 0. The number of hydrogen-bond acceptors (Lipinski definition) is 4. The van der Waals surface area contributed by atoms with Crippen molar-refractivity contribution in [3.63, 3.8) is 0 Å². The Morgan fingerprint density at radius 3 is 3.21 bits per heavy atom. The average Bonchev–Trinajstić information content (AvgIpc) is 2.75. The van der Waals surface area contributed by atoms with Gasteiger partial charge in [-0.25, -0.2) is 0 Å². The summed E-state index contributed by atoms with van der Waals surface area (Å²) in [7, 11) is 1.69. The molecular weight excluding hydrogens is 182 g/mol. The first-order chi connectivity index (χ1) is 6.75. The fraction of sp³-hybridized carbons (Fsp3) is 0.625. The van der Waals surface area contributed by atoms with Gasteiger partial charge in [-0.15, -0.1) is 5.10 Å². The van der Waals surface area contributed by atoms with E-state index in [1.165, 1.54) is 11.0 Å². The standard InChI is InChI=1S/C8H13N5O/c1-13-10-5-7(12-13)8(14)11-6-2-3-9-4-6/h5-6,9H,2-4H2,1H3,(H,11,14). The molecule has 2 heterocycles. The summed E-state index contributed by atoms with van der Waals surface area (Å²) in [5.41, 5.74) is 0.374. The Morgan fingerprint density at radius 2 is 2.64 bits per heavy atom. The number of rotatable bonds is 2. The smallest absolute Gasteiger partial charge is 0.273 e. The predicted octanol–water partition coefficient (Wildman–Crippen LogP) is -1.09. The van der Waals surface area contributed by atoms with Crippen LogP contribution in [0.4, 0.5) is 0 Å². The van der Waals surface area contributed by atoms with Gasteiger partial charge in [-0.05, 0) is 13.0 Å². The molecule has 0 saturated carbocycles. The molecule has 2 N–H and O–H groups in total. The zero-order valence-electron chi connectivity index (χ0n) is 8.03. The number of nitrogens with zero attached hydrogens (tertiary/aromatic N) is 3.